The maximum Gasteiger partial charge on any atom is 0.323 e. The first-order valence-corrected chi connectivity index (χ1v) is 3.24. The average molecular weight is 159 g/mol. The van der Waals surface area contributed by atoms with Gasteiger partial charge in [-0.3, -0.25) is 14.9 Å². The van der Waals surface area contributed by atoms with Gasteiger partial charge in [0.15, 0.2) is 5.78 Å². The largest absolute Gasteiger partial charge is 0.480 e. The third kappa shape index (κ3) is 1.24. The minimum Gasteiger partial charge on any atom is -0.480 e. The highest BCUT2D eigenvalue weighted by Crippen LogP contribution is 2.08. The Morgan fingerprint density at radius 2 is 2.18 bits per heavy atom. The summed E-state index contributed by atoms with van der Waals surface area (Å²) in [6.07, 6.45) is -1.40. The molecule has 3 atom stereocenters. The Morgan fingerprint density at radius 3 is 2.36 bits per heavy atom. The van der Waals surface area contributed by atoms with E-state index in [2.05, 4.69) is 5.32 Å². The molecule has 1 fully saturated rings. The van der Waals surface area contributed by atoms with E-state index in [4.69, 9.17) is 10.2 Å². The van der Waals surface area contributed by atoms with E-state index in [1.54, 1.807) is 0 Å². The molecule has 3 N–H and O–H groups in total. The second-order valence-corrected chi connectivity index (χ2v) is 2.55. The first kappa shape index (κ1) is 8.16. The van der Waals surface area contributed by atoms with Crippen LogP contribution >= 0.6 is 0 Å². The van der Waals surface area contributed by atoms with Crippen LogP contribution in [0, 0.1) is 0 Å². The van der Waals surface area contributed by atoms with Gasteiger partial charge in [0, 0.05) is 0 Å². The number of aliphatic hydroxyl groups excluding tert-OH is 1. The Morgan fingerprint density at radius 1 is 1.64 bits per heavy atom. The van der Waals surface area contributed by atoms with E-state index in [1.807, 2.05) is 0 Å². The van der Waals surface area contributed by atoms with Crippen LogP contribution in [0.15, 0.2) is 0 Å². The van der Waals surface area contributed by atoms with Crippen molar-refractivity contribution in [2.24, 2.45) is 0 Å². The molecule has 1 heterocycles. The molecule has 2 unspecified atom stereocenters. The standard InChI is InChI=1S/C6H9NO4/c1-2-4(8)5(9)3(7-2)6(10)11/h2-3,5,7,9H,1H3,(H,10,11)/t2?,3-,5?/m0/s1. The molecule has 1 saturated heterocycles. The van der Waals surface area contributed by atoms with Crippen molar-refractivity contribution in [2.75, 3.05) is 0 Å². The van der Waals surface area contributed by atoms with Crippen molar-refractivity contribution in [1.82, 2.24) is 5.32 Å². The van der Waals surface area contributed by atoms with Crippen molar-refractivity contribution in [3.8, 4) is 0 Å². The number of carbonyl (C=O) groups excluding carboxylic acids is 1. The van der Waals surface area contributed by atoms with Gasteiger partial charge >= 0.3 is 5.97 Å². The Bertz CT molecular complexity index is 203. The molecule has 0 aliphatic carbocycles. The zero-order chi connectivity index (χ0) is 8.59. The molecule has 0 aromatic heterocycles. The lowest BCUT2D eigenvalue weighted by Crippen LogP contribution is -2.39. The topological polar surface area (TPSA) is 86.6 Å². The summed E-state index contributed by atoms with van der Waals surface area (Å²) in [7, 11) is 0. The number of rotatable bonds is 1. The lowest BCUT2D eigenvalue weighted by molar-refractivity contribution is -0.143. The molecule has 5 heteroatoms. The molecule has 0 aromatic rings. The Labute approximate surface area is 63.0 Å². The van der Waals surface area contributed by atoms with Crippen LogP contribution in [0.3, 0.4) is 0 Å². The maximum atomic E-state index is 10.8. The highest BCUT2D eigenvalue weighted by atomic mass is 16.4. The number of carboxylic acids is 1. The third-order valence-corrected chi connectivity index (χ3v) is 1.73. The molecule has 62 valence electrons. The highest BCUT2D eigenvalue weighted by Gasteiger charge is 2.42. The summed E-state index contributed by atoms with van der Waals surface area (Å²) in [4.78, 5) is 21.2. The van der Waals surface area contributed by atoms with E-state index >= 15 is 0 Å². The van der Waals surface area contributed by atoms with Gasteiger partial charge in [-0.15, -0.1) is 0 Å². The SMILES string of the molecule is CC1N[C@H](C(=O)O)C(O)C1=O. The van der Waals surface area contributed by atoms with Crippen LogP contribution in [0.4, 0.5) is 0 Å². The molecule has 5 nitrogen and oxygen atoms in total. The quantitative estimate of drug-likeness (QED) is 0.427. The number of ketones is 1. The molecule has 0 spiro atoms. The molecule has 0 saturated carbocycles. The number of nitrogens with one attached hydrogen (secondary N) is 1. The van der Waals surface area contributed by atoms with E-state index in [-0.39, 0.29) is 0 Å². The van der Waals surface area contributed by atoms with E-state index in [9.17, 15) is 9.59 Å². The van der Waals surface area contributed by atoms with Crippen LogP contribution in [0.25, 0.3) is 0 Å². The number of aliphatic hydroxyl groups is 1. The zero-order valence-corrected chi connectivity index (χ0v) is 5.94. The number of carboxylic acid groups (broad SMARTS) is 1. The van der Waals surface area contributed by atoms with Gasteiger partial charge in [0.25, 0.3) is 0 Å². The van der Waals surface area contributed by atoms with Gasteiger partial charge in [0.1, 0.15) is 12.1 Å². The van der Waals surface area contributed by atoms with E-state index < -0.39 is 29.9 Å². The number of hydrogen-bond acceptors (Lipinski definition) is 4. The van der Waals surface area contributed by atoms with Crippen LogP contribution in [0.1, 0.15) is 6.92 Å². The lowest BCUT2D eigenvalue weighted by Gasteiger charge is -2.06. The van der Waals surface area contributed by atoms with E-state index in [1.165, 1.54) is 6.92 Å². The molecular formula is C6H9NO4. The molecule has 1 aliphatic rings. The first-order valence-electron chi connectivity index (χ1n) is 3.24. The predicted molar refractivity (Wildman–Crippen MR) is 35.0 cm³/mol. The van der Waals surface area contributed by atoms with E-state index in [0.29, 0.717) is 0 Å². The summed E-state index contributed by atoms with van der Waals surface area (Å²) in [5.74, 6) is -1.66. The molecule has 0 aromatic carbocycles. The number of aliphatic carboxylic acids is 1. The number of Topliss-reactive ketones (excluding diaryl/α,β-unsaturated/α-hetero) is 1. The molecule has 0 bridgehead atoms. The first-order chi connectivity index (χ1) is 5.04. The Hall–Kier alpha value is -0.940. The van der Waals surface area contributed by atoms with Crippen LogP contribution in [-0.4, -0.2) is 40.2 Å². The van der Waals surface area contributed by atoms with Gasteiger partial charge in [0.2, 0.25) is 0 Å². The molecular weight excluding hydrogens is 150 g/mol. The fraction of sp³-hybridized carbons (Fsp3) is 0.667. The van der Waals surface area contributed by atoms with Gasteiger partial charge < -0.3 is 10.2 Å². The van der Waals surface area contributed by atoms with Gasteiger partial charge in [-0.25, -0.2) is 0 Å². The fourth-order valence-corrected chi connectivity index (χ4v) is 1.07. The average Bonchev–Trinajstić information content (AvgIpc) is 2.17. The van der Waals surface area contributed by atoms with Crippen molar-refractivity contribution in [2.45, 2.75) is 25.1 Å². The second-order valence-electron chi connectivity index (χ2n) is 2.55. The van der Waals surface area contributed by atoms with Gasteiger partial charge in [-0.05, 0) is 6.92 Å². The Kier molecular flexibility index (Phi) is 1.92. The fourth-order valence-electron chi connectivity index (χ4n) is 1.07. The monoisotopic (exact) mass is 159 g/mol. The summed E-state index contributed by atoms with van der Waals surface area (Å²) in [5, 5.41) is 19.9. The summed E-state index contributed by atoms with van der Waals surface area (Å²) in [6, 6.07) is -1.71. The van der Waals surface area contributed by atoms with Crippen LogP contribution in [0.2, 0.25) is 0 Å². The number of hydrogen-bond donors (Lipinski definition) is 3. The maximum absolute atomic E-state index is 10.8. The predicted octanol–water partition coefficient (Wildman–Crippen LogP) is -1.64. The van der Waals surface area contributed by atoms with Gasteiger partial charge in [-0.1, -0.05) is 0 Å². The van der Waals surface area contributed by atoms with Crippen molar-refractivity contribution < 1.29 is 19.8 Å². The second kappa shape index (κ2) is 2.60. The molecule has 11 heavy (non-hydrogen) atoms. The summed E-state index contributed by atoms with van der Waals surface area (Å²) < 4.78 is 0. The van der Waals surface area contributed by atoms with Crippen molar-refractivity contribution in [1.29, 1.82) is 0 Å². The van der Waals surface area contributed by atoms with Crippen LogP contribution < -0.4 is 5.32 Å². The van der Waals surface area contributed by atoms with Crippen molar-refractivity contribution in [3.05, 3.63) is 0 Å². The van der Waals surface area contributed by atoms with Crippen LogP contribution in [0.5, 0.6) is 0 Å². The third-order valence-electron chi connectivity index (χ3n) is 1.73. The smallest absolute Gasteiger partial charge is 0.323 e. The normalized spacial score (nSPS) is 37.6. The van der Waals surface area contributed by atoms with Crippen LogP contribution in [-0.2, 0) is 9.59 Å². The summed E-state index contributed by atoms with van der Waals surface area (Å²) in [6.45, 7) is 1.52. The van der Waals surface area contributed by atoms with Crippen molar-refractivity contribution in [3.63, 3.8) is 0 Å². The lowest BCUT2D eigenvalue weighted by atomic mass is 10.1. The van der Waals surface area contributed by atoms with Gasteiger partial charge in [0.05, 0.1) is 6.04 Å². The Balaban J connectivity index is 2.75. The van der Waals surface area contributed by atoms with E-state index in [0.717, 1.165) is 0 Å². The summed E-state index contributed by atoms with van der Waals surface area (Å²) in [5.41, 5.74) is 0. The highest BCUT2D eigenvalue weighted by molar-refractivity contribution is 5.96. The molecule has 1 rings (SSSR count). The molecule has 1 aliphatic heterocycles. The van der Waals surface area contributed by atoms with Crippen molar-refractivity contribution >= 4 is 11.8 Å². The number of carbonyl (C=O) groups is 2. The molecule has 0 radical (unpaired) electrons. The minimum atomic E-state index is -1.40. The summed E-state index contributed by atoms with van der Waals surface area (Å²) >= 11 is 0. The minimum absolute atomic E-state index is 0.461. The van der Waals surface area contributed by atoms with Gasteiger partial charge in [-0.2, -0.15) is 0 Å². The zero-order valence-electron chi connectivity index (χ0n) is 5.94. The molecule has 0 amide bonds.